The van der Waals surface area contributed by atoms with Crippen LogP contribution in [0.2, 0.25) is 0 Å². The van der Waals surface area contributed by atoms with Crippen molar-refractivity contribution >= 4 is 11.6 Å². The van der Waals surface area contributed by atoms with Gasteiger partial charge < -0.3 is 9.84 Å². The second kappa shape index (κ2) is 6.16. The highest BCUT2D eigenvalue weighted by molar-refractivity contribution is 6.04. The van der Waals surface area contributed by atoms with Gasteiger partial charge in [-0.1, -0.05) is 35.0 Å². The van der Waals surface area contributed by atoms with E-state index in [1.54, 1.807) is 12.1 Å². The van der Waals surface area contributed by atoms with Crippen LogP contribution in [0.4, 0.5) is 5.69 Å². The zero-order valence-electron chi connectivity index (χ0n) is 14.2. The molecule has 1 amide bonds. The van der Waals surface area contributed by atoms with E-state index in [0.29, 0.717) is 23.2 Å². The van der Waals surface area contributed by atoms with Crippen molar-refractivity contribution < 1.29 is 9.32 Å². The first-order valence-corrected chi connectivity index (χ1v) is 8.43. The van der Waals surface area contributed by atoms with Gasteiger partial charge in [-0.15, -0.1) is 0 Å². The van der Waals surface area contributed by atoms with Crippen LogP contribution in [0.3, 0.4) is 0 Å². The fourth-order valence-corrected chi connectivity index (χ4v) is 2.77. The number of amides is 1. The molecule has 0 saturated heterocycles. The van der Waals surface area contributed by atoms with Crippen molar-refractivity contribution in [1.82, 2.24) is 10.1 Å². The lowest BCUT2D eigenvalue weighted by Crippen LogP contribution is -2.12. The predicted octanol–water partition coefficient (Wildman–Crippen LogP) is 4.48. The summed E-state index contributed by atoms with van der Waals surface area (Å²) in [5.74, 6) is 1.59. The maximum absolute atomic E-state index is 12.4. The first kappa shape index (κ1) is 15.6. The van der Waals surface area contributed by atoms with Crippen LogP contribution in [-0.4, -0.2) is 16.0 Å². The third-order valence-electron chi connectivity index (χ3n) is 4.40. The molecule has 0 radical (unpaired) electrons. The minimum atomic E-state index is -0.134. The van der Waals surface area contributed by atoms with Crippen LogP contribution in [-0.2, 0) is 0 Å². The van der Waals surface area contributed by atoms with E-state index in [9.17, 15) is 4.79 Å². The molecule has 1 fully saturated rings. The summed E-state index contributed by atoms with van der Waals surface area (Å²) in [6.45, 7) is 4.02. The molecular formula is C20H19N3O2. The van der Waals surface area contributed by atoms with Crippen molar-refractivity contribution in [3.63, 3.8) is 0 Å². The fourth-order valence-electron chi connectivity index (χ4n) is 2.77. The monoisotopic (exact) mass is 333 g/mol. The van der Waals surface area contributed by atoms with Gasteiger partial charge in [0.2, 0.25) is 11.7 Å². The summed E-state index contributed by atoms with van der Waals surface area (Å²) in [6, 6.07) is 13.2. The number of nitrogens with zero attached hydrogens (tertiary/aromatic N) is 2. The highest BCUT2D eigenvalue weighted by atomic mass is 16.5. The molecule has 1 saturated carbocycles. The summed E-state index contributed by atoms with van der Waals surface area (Å²) < 4.78 is 5.28. The number of benzene rings is 2. The summed E-state index contributed by atoms with van der Waals surface area (Å²) in [7, 11) is 0. The molecule has 1 aromatic heterocycles. The zero-order chi connectivity index (χ0) is 17.4. The standard InChI is InChI=1S/C20H19N3O2/c1-12-3-10-17(13(2)11-12)21-19(24)15-6-4-14(5-7-15)18-22-20(25-23-18)16-8-9-16/h3-7,10-11,16H,8-9H2,1-2H3,(H,21,24). The van der Waals surface area contributed by atoms with Crippen LogP contribution in [0.1, 0.15) is 46.1 Å². The van der Waals surface area contributed by atoms with E-state index >= 15 is 0 Å². The van der Waals surface area contributed by atoms with Crippen molar-refractivity contribution in [2.45, 2.75) is 32.6 Å². The molecule has 3 aromatic rings. The van der Waals surface area contributed by atoms with Crippen LogP contribution in [0.25, 0.3) is 11.4 Å². The molecule has 0 aliphatic heterocycles. The second-order valence-corrected chi connectivity index (χ2v) is 6.58. The fraction of sp³-hybridized carbons (Fsp3) is 0.250. The van der Waals surface area contributed by atoms with E-state index in [0.717, 1.165) is 29.7 Å². The highest BCUT2D eigenvalue weighted by Crippen LogP contribution is 2.39. The molecule has 0 unspecified atom stereocenters. The van der Waals surface area contributed by atoms with E-state index in [2.05, 4.69) is 15.5 Å². The van der Waals surface area contributed by atoms with Gasteiger partial charge >= 0.3 is 0 Å². The Kier molecular flexibility index (Phi) is 3.84. The molecule has 0 bridgehead atoms. The third kappa shape index (κ3) is 3.31. The van der Waals surface area contributed by atoms with Gasteiger partial charge in [-0.05, 0) is 50.5 Å². The van der Waals surface area contributed by atoms with Crippen molar-refractivity contribution in [2.24, 2.45) is 0 Å². The topological polar surface area (TPSA) is 68.0 Å². The number of anilines is 1. The van der Waals surface area contributed by atoms with E-state index in [-0.39, 0.29) is 5.91 Å². The van der Waals surface area contributed by atoms with Crippen LogP contribution < -0.4 is 5.32 Å². The molecule has 1 aliphatic carbocycles. The summed E-state index contributed by atoms with van der Waals surface area (Å²) in [6.07, 6.45) is 2.25. The minimum absolute atomic E-state index is 0.134. The first-order chi connectivity index (χ1) is 12.1. The molecule has 1 N–H and O–H groups in total. The molecule has 5 heteroatoms. The number of carbonyl (C=O) groups excluding carboxylic acids is 1. The molecule has 0 spiro atoms. The molecule has 1 heterocycles. The lowest BCUT2D eigenvalue weighted by Gasteiger charge is -2.09. The third-order valence-corrected chi connectivity index (χ3v) is 4.40. The Balaban J connectivity index is 1.49. The van der Waals surface area contributed by atoms with Crippen LogP contribution in [0.5, 0.6) is 0 Å². The molecule has 0 atom stereocenters. The molecular weight excluding hydrogens is 314 g/mol. The van der Waals surface area contributed by atoms with Crippen LogP contribution >= 0.6 is 0 Å². The molecule has 1 aliphatic rings. The Bertz CT molecular complexity index is 924. The maximum Gasteiger partial charge on any atom is 0.255 e. The van der Waals surface area contributed by atoms with Gasteiger partial charge in [-0.2, -0.15) is 4.98 Å². The number of carbonyl (C=O) groups is 1. The van der Waals surface area contributed by atoms with Crippen LogP contribution in [0, 0.1) is 13.8 Å². The number of aryl methyl sites for hydroxylation is 2. The first-order valence-electron chi connectivity index (χ1n) is 8.43. The number of nitrogens with one attached hydrogen (secondary N) is 1. The molecule has 2 aromatic carbocycles. The van der Waals surface area contributed by atoms with Gasteiger partial charge in [0.05, 0.1) is 0 Å². The van der Waals surface area contributed by atoms with Crippen molar-refractivity contribution in [1.29, 1.82) is 0 Å². The van der Waals surface area contributed by atoms with Crippen LogP contribution in [0.15, 0.2) is 47.0 Å². The summed E-state index contributed by atoms with van der Waals surface area (Å²) >= 11 is 0. The minimum Gasteiger partial charge on any atom is -0.339 e. The quantitative estimate of drug-likeness (QED) is 0.764. The Morgan fingerprint density at radius 3 is 2.56 bits per heavy atom. The number of hydrogen-bond acceptors (Lipinski definition) is 4. The maximum atomic E-state index is 12.4. The van der Waals surface area contributed by atoms with Gasteiger partial charge in [0.15, 0.2) is 0 Å². The highest BCUT2D eigenvalue weighted by Gasteiger charge is 2.29. The molecule has 4 rings (SSSR count). The van der Waals surface area contributed by atoms with Gasteiger partial charge in [0.25, 0.3) is 5.91 Å². The van der Waals surface area contributed by atoms with Gasteiger partial charge in [0.1, 0.15) is 0 Å². The lowest BCUT2D eigenvalue weighted by molar-refractivity contribution is 0.102. The molecule has 25 heavy (non-hydrogen) atoms. The zero-order valence-corrected chi connectivity index (χ0v) is 14.2. The van der Waals surface area contributed by atoms with Gasteiger partial charge in [0, 0.05) is 22.7 Å². The van der Waals surface area contributed by atoms with Gasteiger partial charge in [-0.25, -0.2) is 0 Å². The average molecular weight is 333 g/mol. The largest absolute Gasteiger partial charge is 0.339 e. The summed E-state index contributed by atoms with van der Waals surface area (Å²) in [5.41, 5.74) is 4.48. The summed E-state index contributed by atoms with van der Waals surface area (Å²) in [4.78, 5) is 16.9. The smallest absolute Gasteiger partial charge is 0.255 e. The predicted molar refractivity (Wildman–Crippen MR) is 95.6 cm³/mol. The average Bonchev–Trinajstić information content (AvgIpc) is 3.34. The van der Waals surface area contributed by atoms with E-state index < -0.39 is 0 Å². The van der Waals surface area contributed by atoms with Gasteiger partial charge in [-0.3, -0.25) is 4.79 Å². The van der Waals surface area contributed by atoms with Crippen molar-refractivity contribution in [3.8, 4) is 11.4 Å². The molecule has 5 nitrogen and oxygen atoms in total. The normalized spacial score (nSPS) is 13.7. The lowest BCUT2D eigenvalue weighted by atomic mass is 10.1. The van der Waals surface area contributed by atoms with E-state index in [1.165, 1.54) is 5.56 Å². The number of aromatic nitrogens is 2. The van der Waals surface area contributed by atoms with Crippen molar-refractivity contribution in [3.05, 3.63) is 65.0 Å². The second-order valence-electron chi connectivity index (χ2n) is 6.58. The molecule has 126 valence electrons. The Morgan fingerprint density at radius 1 is 1.12 bits per heavy atom. The number of hydrogen-bond donors (Lipinski definition) is 1. The Labute approximate surface area is 146 Å². The van der Waals surface area contributed by atoms with Crippen molar-refractivity contribution in [2.75, 3.05) is 5.32 Å². The number of rotatable bonds is 4. The SMILES string of the molecule is Cc1ccc(NC(=O)c2ccc(-c3noc(C4CC4)n3)cc2)c(C)c1. The summed E-state index contributed by atoms with van der Waals surface area (Å²) in [5, 5.41) is 6.97. The Morgan fingerprint density at radius 2 is 1.88 bits per heavy atom. The Hall–Kier alpha value is -2.95. The van der Waals surface area contributed by atoms with E-state index in [4.69, 9.17) is 4.52 Å². The van der Waals surface area contributed by atoms with E-state index in [1.807, 2.05) is 44.2 Å².